The van der Waals surface area contributed by atoms with Crippen molar-refractivity contribution in [1.82, 2.24) is 4.90 Å². The molecule has 2 aliphatic rings. The molecular formula is C15H20N2O. The first-order valence-corrected chi connectivity index (χ1v) is 6.95. The van der Waals surface area contributed by atoms with Crippen molar-refractivity contribution in [3.8, 4) is 0 Å². The quantitative estimate of drug-likeness (QED) is 0.822. The molecule has 0 aromatic heterocycles. The number of para-hydroxylation sites is 1. The number of fused-ring (bicyclic) bond motifs is 1. The Balaban J connectivity index is 1.69. The highest BCUT2D eigenvalue weighted by Crippen LogP contribution is 2.26. The van der Waals surface area contributed by atoms with Crippen molar-refractivity contribution in [3.05, 3.63) is 29.8 Å². The lowest BCUT2D eigenvalue weighted by molar-refractivity contribution is -0.136. The molecule has 18 heavy (non-hydrogen) atoms. The minimum absolute atomic E-state index is 0.123. The molecule has 2 aliphatic heterocycles. The number of anilines is 1. The first-order valence-electron chi connectivity index (χ1n) is 6.95. The third kappa shape index (κ3) is 2.22. The van der Waals surface area contributed by atoms with E-state index in [1.807, 2.05) is 12.1 Å². The highest BCUT2D eigenvalue weighted by atomic mass is 16.2. The van der Waals surface area contributed by atoms with Gasteiger partial charge in [-0.15, -0.1) is 0 Å². The zero-order valence-electron chi connectivity index (χ0n) is 10.7. The standard InChI is InChI=1S/C15H20N2O/c18-15(17-8-4-1-5-9-17)13-10-12-6-2-3-7-14(12)16-11-13/h2-3,6-7,13,16H,1,4-5,8-11H2. The monoisotopic (exact) mass is 244 g/mol. The first kappa shape index (κ1) is 11.6. The van der Waals surface area contributed by atoms with E-state index in [2.05, 4.69) is 22.3 Å². The second kappa shape index (κ2) is 5.01. The summed E-state index contributed by atoms with van der Waals surface area (Å²) in [7, 11) is 0. The lowest BCUT2D eigenvalue weighted by Gasteiger charge is -2.33. The molecule has 0 bridgehead atoms. The van der Waals surface area contributed by atoms with Gasteiger partial charge in [0, 0.05) is 25.3 Å². The van der Waals surface area contributed by atoms with Gasteiger partial charge in [-0.3, -0.25) is 4.79 Å². The van der Waals surface area contributed by atoms with Crippen molar-refractivity contribution < 1.29 is 4.79 Å². The van der Waals surface area contributed by atoms with Gasteiger partial charge < -0.3 is 10.2 Å². The summed E-state index contributed by atoms with van der Waals surface area (Å²) in [6, 6.07) is 8.31. The third-order valence-corrected chi connectivity index (χ3v) is 4.04. The number of carbonyl (C=O) groups excluding carboxylic acids is 1. The van der Waals surface area contributed by atoms with Gasteiger partial charge in [0.25, 0.3) is 0 Å². The van der Waals surface area contributed by atoms with E-state index in [9.17, 15) is 4.79 Å². The predicted molar refractivity (Wildman–Crippen MR) is 72.6 cm³/mol. The normalized spacial score (nSPS) is 23.1. The van der Waals surface area contributed by atoms with Crippen molar-refractivity contribution in [2.45, 2.75) is 25.7 Å². The molecule has 0 radical (unpaired) electrons. The summed E-state index contributed by atoms with van der Waals surface area (Å²) >= 11 is 0. The summed E-state index contributed by atoms with van der Waals surface area (Å²) in [4.78, 5) is 14.5. The Labute approximate surface area is 108 Å². The Hall–Kier alpha value is -1.51. The van der Waals surface area contributed by atoms with Crippen LogP contribution in [0.2, 0.25) is 0 Å². The molecule has 1 fully saturated rings. The minimum atomic E-state index is 0.123. The molecule has 1 aromatic carbocycles. The number of carbonyl (C=O) groups is 1. The van der Waals surface area contributed by atoms with Crippen LogP contribution >= 0.6 is 0 Å². The van der Waals surface area contributed by atoms with Crippen molar-refractivity contribution in [3.63, 3.8) is 0 Å². The Morgan fingerprint density at radius 2 is 1.94 bits per heavy atom. The van der Waals surface area contributed by atoms with E-state index in [-0.39, 0.29) is 5.92 Å². The summed E-state index contributed by atoms with van der Waals surface area (Å²) in [5.74, 6) is 0.467. The Bertz CT molecular complexity index is 438. The Morgan fingerprint density at radius 1 is 1.17 bits per heavy atom. The van der Waals surface area contributed by atoms with Gasteiger partial charge in [0.2, 0.25) is 5.91 Å². The van der Waals surface area contributed by atoms with Gasteiger partial charge in [-0.05, 0) is 37.3 Å². The molecule has 1 saturated heterocycles. The summed E-state index contributed by atoms with van der Waals surface area (Å²) in [6.45, 7) is 2.69. The average molecular weight is 244 g/mol. The molecule has 3 nitrogen and oxygen atoms in total. The molecule has 0 saturated carbocycles. The molecule has 3 rings (SSSR count). The maximum atomic E-state index is 12.4. The molecular weight excluding hydrogens is 224 g/mol. The number of amides is 1. The van der Waals surface area contributed by atoms with Gasteiger partial charge >= 0.3 is 0 Å². The second-order valence-electron chi connectivity index (χ2n) is 5.33. The van der Waals surface area contributed by atoms with Crippen LogP contribution in [0.15, 0.2) is 24.3 Å². The van der Waals surface area contributed by atoms with Crippen LogP contribution in [0.5, 0.6) is 0 Å². The van der Waals surface area contributed by atoms with Crippen LogP contribution in [0.25, 0.3) is 0 Å². The van der Waals surface area contributed by atoms with Crippen molar-refractivity contribution in [1.29, 1.82) is 0 Å². The van der Waals surface area contributed by atoms with Crippen molar-refractivity contribution in [2.24, 2.45) is 5.92 Å². The summed E-state index contributed by atoms with van der Waals surface area (Å²) in [5, 5.41) is 3.39. The lowest BCUT2D eigenvalue weighted by atomic mass is 9.92. The molecule has 2 heterocycles. The number of piperidine rings is 1. The fourth-order valence-corrected chi connectivity index (χ4v) is 2.99. The van der Waals surface area contributed by atoms with E-state index in [4.69, 9.17) is 0 Å². The van der Waals surface area contributed by atoms with Crippen LogP contribution in [0.4, 0.5) is 5.69 Å². The summed E-state index contributed by atoms with van der Waals surface area (Å²) in [5.41, 5.74) is 2.47. The number of benzene rings is 1. The number of nitrogens with zero attached hydrogens (tertiary/aromatic N) is 1. The largest absolute Gasteiger partial charge is 0.384 e. The van der Waals surface area contributed by atoms with E-state index in [1.165, 1.54) is 30.5 Å². The number of nitrogens with one attached hydrogen (secondary N) is 1. The smallest absolute Gasteiger partial charge is 0.227 e. The third-order valence-electron chi connectivity index (χ3n) is 4.04. The molecule has 96 valence electrons. The van der Waals surface area contributed by atoms with Crippen molar-refractivity contribution >= 4 is 11.6 Å². The van der Waals surface area contributed by atoms with Gasteiger partial charge in [-0.2, -0.15) is 0 Å². The maximum Gasteiger partial charge on any atom is 0.227 e. The van der Waals surface area contributed by atoms with E-state index in [0.717, 1.165) is 26.1 Å². The van der Waals surface area contributed by atoms with Crippen LogP contribution in [0, 0.1) is 5.92 Å². The number of rotatable bonds is 1. The molecule has 1 atom stereocenters. The predicted octanol–water partition coefficient (Wildman–Crippen LogP) is 2.28. The average Bonchev–Trinajstić information content (AvgIpc) is 2.47. The zero-order valence-corrected chi connectivity index (χ0v) is 10.7. The minimum Gasteiger partial charge on any atom is -0.384 e. The van der Waals surface area contributed by atoms with Crippen LogP contribution in [0.1, 0.15) is 24.8 Å². The Kier molecular flexibility index (Phi) is 3.22. The molecule has 0 spiro atoms. The van der Waals surface area contributed by atoms with Crippen LogP contribution in [-0.2, 0) is 11.2 Å². The maximum absolute atomic E-state index is 12.4. The van der Waals surface area contributed by atoms with E-state index >= 15 is 0 Å². The summed E-state index contributed by atoms with van der Waals surface area (Å²) < 4.78 is 0. The zero-order chi connectivity index (χ0) is 12.4. The summed E-state index contributed by atoms with van der Waals surface area (Å²) in [6.07, 6.45) is 4.50. The fraction of sp³-hybridized carbons (Fsp3) is 0.533. The van der Waals surface area contributed by atoms with E-state index in [0.29, 0.717) is 5.91 Å². The van der Waals surface area contributed by atoms with Gasteiger partial charge in [-0.1, -0.05) is 18.2 Å². The number of hydrogen-bond acceptors (Lipinski definition) is 2. The van der Waals surface area contributed by atoms with E-state index < -0.39 is 0 Å². The molecule has 1 amide bonds. The Morgan fingerprint density at radius 3 is 2.78 bits per heavy atom. The molecule has 3 heteroatoms. The van der Waals surface area contributed by atoms with E-state index in [1.54, 1.807) is 0 Å². The molecule has 1 aromatic rings. The highest BCUT2D eigenvalue weighted by Gasteiger charge is 2.28. The number of hydrogen-bond donors (Lipinski definition) is 1. The van der Waals surface area contributed by atoms with Crippen LogP contribution in [-0.4, -0.2) is 30.4 Å². The van der Waals surface area contributed by atoms with Crippen LogP contribution in [0.3, 0.4) is 0 Å². The fourth-order valence-electron chi connectivity index (χ4n) is 2.99. The first-order chi connectivity index (χ1) is 8.84. The van der Waals surface area contributed by atoms with Gasteiger partial charge in [0.1, 0.15) is 0 Å². The highest BCUT2D eigenvalue weighted by molar-refractivity contribution is 5.81. The van der Waals surface area contributed by atoms with Crippen molar-refractivity contribution in [2.75, 3.05) is 25.0 Å². The second-order valence-corrected chi connectivity index (χ2v) is 5.33. The number of likely N-dealkylation sites (tertiary alicyclic amines) is 1. The molecule has 1 unspecified atom stereocenters. The SMILES string of the molecule is O=C(C1CNc2ccccc2C1)N1CCCCC1. The van der Waals surface area contributed by atoms with Gasteiger partial charge in [0.15, 0.2) is 0 Å². The van der Waals surface area contributed by atoms with Crippen LogP contribution < -0.4 is 5.32 Å². The van der Waals surface area contributed by atoms with Gasteiger partial charge in [-0.25, -0.2) is 0 Å². The topological polar surface area (TPSA) is 32.3 Å². The lowest BCUT2D eigenvalue weighted by Crippen LogP contribution is -2.43. The van der Waals surface area contributed by atoms with Gasteiger partial charge in [0.05, 0.1) is 5.92 Å². The molecule has 1 N–H and O–H groups in total. The molecule has 0 aliphatic carbocycles.